The SMILES string of the molecule is C/N=C(C(=N)NCc1ccccc1C(C)(F)F)\C(N)=N/C. The summed E-state index contributed by atoms with van der Waals surface area (Å²) in [5.41, 5.74) is 6.15. The van der Waals surface area contributed by atoms with Crippen molar-refractivity contribution < 1.29 is 8.78 Å². The first-order valence-corrected chi connectivity index (χ1v) is 6.29. The molecule has 0 atom stereocenters. The van der Waals surface area contributed by atoms with Gasteiger partial charge in [0.2, 0.25) is 0 Å². The summed E-state index contributed by atoms with van der Waals surface area (Å²) >= 11 is 0. The maximum absolute atomic E-state index is 13.5. The molecule has 0 aliphatic carbocycles. The normalized spacial score (nSPS) is 13.2. The van der Waals surface area contributed by atoms with E-state index in [1.807, 2.05) is 0 Å². The molecule has 1 aromatic rings. The van der Waals surface area contributed by atoms with E-state index in [4.69, 9.17) is 11.1 Å². The number of alkyl halides is 2. The lowest BCUT2D eigenvalue weighted by Crippen LogP contribution is -2.39. The lowest BCUT2D eigenvalue weighted by molar-refractivity contribution is 0.0165. The molecule has 7 heteroatoms. The second-order valence-electron chi connectivity index (χ2n) is 4.46. The summed E-state index contributed by atoms with van der Waals surface area (Å²) in [7, 11) is 2.97. The van der Waals surface area contributed by atoms with Gasteiger partial charge >= 0.3 is 0 Å². The highest BCUT2D eigenvalue weighted by atomic mass is 19.3. The predicted octanol–water partition coefficient (Wildman–Crippen LogP) is 1.92. The van der Waals surface area contributed by atoms with Gasteiger partial charge in [-0.15, -0.1) is 0 Å². The Morgan fingerprint density at radius 3 is 2.43 bits per heavy atom. The summed E-state index contributed by atoms with van der Waals surface area (Å²) < 4.78 is 27.0. The van der Waals surface area contributed by atoms with Gasteiger partial charge in [-0.2, -0.15) is 0 Å². The minimum absolute atomic E-state index is 0.0603. The summed E-state index contributed by atoms with van der Waals surface area (Å²) in [6, 6.07) is 6.19. The summed E-state index contributed by atoms with van der Waals surface area (Å²) in [6.07, 6.45) is 0. The first-order chi connectivity index (χ1) is 9.81. The molecule has 5 nitrogen and oxygen atoms in total. The molecule has 0 aliphatic heterocycles. The zero-order chi connectivity index (χ0) is 16.0. The molecule has 0 fully saturated rings. The Hall–Kier alpha value is -2.31. The van der Waals surface area contributed by atoms with Crippen LogP contribution in [-0.4, -0.2) is 31.5 Å². The molecule has 0 unspecified atom stereocenters. The molecule has 0 radical (unpaired) electrons. The Morgan fingerprint density at radius 2 is 1.90 bits per heavy atom. The third-order valence-electron chi connectivity index (χ3n) is 2.89. The summed E-state index contributed by atoms with van der Waals surface area (Å²) in [6.45, 7) is 0.923. The van der Waals surface area contributed by atoms with Crippen molar-refractivity contribution >= 4 is 17.4 Å². The monoisotopic (exact) mass is 295 g/mol. The molecule has 0 aliphatic rings. The number of amidine groups is 2. The van der Waals surface area contributed by atoms with Gasteiger partial charge in [-0.3, -0.25) is 15.4 Å². The quantitative estimate of drug-likeness (QED) is 0.572. The highest BCUT2D eigenvalue weighted by Gasteiger charge is 2.27. The average molecular weight is 295 g/mol. The largest absolute Gasteiger partial charge is 0.382 e. The summed E-state index contributed by atoms with van der Waals surface area (Å²) in [5, 5.41) is 10.6. The molecule has 1 aromatic carbocycles. The molecule has 0 spiro atoms. The third-order valence-corrected chi connectivity index (χ3v) is 2.89. The van der Waals surface area contributed by atoms with Crippen molar-refractivity contribution in [1.82, 2.24) is 5.32 Å². The molecule has 114 valence electrons. The predicted molar refractivity (Wildman–Crippen MR) is 81.5 cm³/mol. The van der Waals surface area contributed by atoms with Crippen LogP contribution < -0.4 is 11.1 Å². The molecule has 0 saturated heterocycles. The van der Waals surface area contributed by atoms with Crippen molar-refractivity contribution in [2.24, 2.45) is 15.7 Å². The topological polar surface area (TPSA) is 86.6 Å². The second-order valence-corrected chi connectivity index (χ2v) is 4.46. The van der Waals surface area contributed by atoms with Crippen molar-refractivity contribution in [3.63, 3.8) is 0 Å². The fourth-order valence-electron chi connectivity index (χ4n) is 1.83. The van der Waals surface area contributed by atoms with E-state index in [2.05, 4.69) is 15.3 Å². The number of benzene rings is 1. The summed E-state index contributed by atoms with van der Waals surface area (Å²) in [5.74, 6) is -2.88. The van der Waals surface area contributed by atoms with Gasteiger partial charge in [0.25, 0.3) is 5.92 Å². The lowest BCUT2D eigenvalue weighted by atomic mass is 10.0. The lowest BCUT2D eigenvalue weighted by Gasteiger charge is -2.17. The molecular weight excluding hydrogens is 276 g/mol. The van der Waals surface area contributed by atoms with Gasteiger partial charge in [0.1, 0.15) is 17.4 Å². The molecule has 21 heavy (non-hydrogen) atoms. The van der Waals surface area contributed by atoms with Gasteiger partial charge in [0.05, 0.1) is 0 Å². The van der Waals surface area contributed by atoms with E-state index in [1.54, 1.807) is 18.2 Å². The van der Waals surface area contributed by atoms with E-state index in [0.717, 1.165) is 6.92 Å². The van der Waals surface area contributed by atoms with Crippen LogP contribution in [0.1, 0.15) is 18.1 Å². The molecule has 0 saturated carbocycles. The standard InChI is InChI=1S/C14H19F2N5/c1-14(15,16)10-7-5-4-6-9(10)8-21-13(18)11(19-2)12(17)20-3/h4-7H,8H2,1-3H3,(H2,17,20)(H2,18,21)/b19-11+. The van der Waals surface area contributed by atoms with Crippen LogP contribution in [0.5, 0.6) is 0 Å². The van der Waals surface area contributed by atoms with Gasteiger partial charge in [0.15, 0.2) is 0 Å². The molecule has 0 bridgehead atoms. The number of hydrogen-bond acceptors (Lipinski definition) is 3. The van der Waals surface area contributed by atoms with E-state index < -0.39 is 5.92 Å². The zero-order valence-electron chi connectivity index (χ0n) is 12.2. The Bertz CT molecular complexity index is 573. The van der Waals surface area contributed by atoms with Crippen molar-refractivity contribution in [3.8, 4) is 0 Å². The van der Waals surface area contributed by atoms with Crippen LogP contribution in [0.25, 0.3) is 0 Å². The number of nitrogens with one attached hydrogen (secondary N) is 2. The van der Waals surface area contributed by atoms with Crippen LogP contribution in [0, 0.1) is 5.41 Å². The fraction of sp³-hybridized carbons (Fsp3) is 0.357. The molecule has 0 aromatic heterocycles. The first kappa shape index (κ1) is 16.7. The number of hydrogen-bond donors (Lipinski definition) is 3. The van der Waals surface area contributed by atoms with Crippen molar-refractivity contribution in [3.05, 3.63) is 35.4 Å². The number of aliphatic imine (C=N–C) groups is 2. The number of nitrogens with two attached hydrogens (primary N) is 1. The van der Waals surface area contributed by atoms with Crippen LogP contribution in [0.2, 0.25) is 0 Å². The van der Waals surface area contributed by atoms with Crippen LogP contribution in [0.15, 0.2) is 34.3 Å². The minimum Gasteiger partial charge on any atom is -0.382 e. The van der Waals surface area contributed by atoms with Gasteiger partial charge in [-0.25, -0.2) is 8.78 Å². The van der Waals surface area contributed by atoms with Crippen molar-refractivity contribution in [1.29, 1.82) is 5.41 Å². The third kappa shape index (κ3) is 4.34. The maximum Gasteiger partial charge on any atom is 0.270 e. The Morgan fingerprint density at radius 1 is 1.29 bits per heavy atom. The highest BCUT2D eigenvalue weighted by Crippen LogP contribution is 2.29. The van der Waals surface area contributed by atoms with E-state index in [-0.39, 0.29) is 29.5 Å². The Kier molecular flexibility index (Phi) is 5.52. The van der Waals surface area contributed by atoms with Gasteiger partial charge in [0, 0.05) is 33.1 Å². The van der Waals surface area contributed by atoms with E-state index in [9.17, 15) is 8.78 Å². The van der Waals surface area contributed by atoms with E-state index >= 15 is 0 Å². The summed E-state index contributed by atoms with van der Waals surface area (Å²) in [4.78, 5) is 7.62. The van der Waals surface area contributed by atoms with Crippen LogP contribution in [0.3, 0.4) is 0 Å². The number of nitrogens with zero attached hydrogens (tertiary/aromatic N) is 2. The number of rotatable bonds is 5. The zero-order valence-corrected chi connectivity index (χ0v) is 12.2. The van der Waals surface area contributed by atoms with Crippen molar-refractivity contribution in [2.75, 3.05) is 14.1 Å². The average Bonchev–Trinajstić information content (AvgIpc) is 2.44. The highest BCUT2D eigenvalue weighted by molar-refractivity contribution is 6.66. The molecule has 1 rings (SSSR count). The molecule has 4 N–H and O–H groups in total. The van der Waals surface area contributed by atoms with Crippen LogP contribution >= 0.6 is 0 Å². The van der Waals surface area contributed by atoms with Gasteiger partial charge in [-0.05, 0) is 5.56 Å². The van der Waals surface area contributed by atoms with Gasteiger partial charge in [-0.1, -0.05) is 24.3 Å². The van der Waals surface area contributed by atoms with Crippen LogP contribution in [0.4, 0.5) is 8.78 Å². The second kappa shape index (κ2) is 6.92. The van der Waals surface area contributed by atoms with Gasteiger partial charge < -0.3 is 11.1 Å². The Labute approximate surface area is 122 Å². The number of halogens is 2. The minimum atomic E-state index is -2.94. The smallest absolute Gasteiger partial charge is 0.270 e. The fourth-order valence-corrected chi connectivity index (χ4v) is 1.83. The van der Waals surface area contributed by atoms with E-state index in [0.29, 0.717) is 5.56 Å². The molecule has 0 amide bonds. The maximum atomic E-state index is 13.5. The van der Waals surface area contributed by atoms with Crippen LogP contribution in [-0.2, 0) is 12.5 Å². The molecular formula is C14H19F2N5. The van der Waals surface area contributed by atoms with Crippen molar-refractivity contribution in [2.45, 2.75) is 19.4 Å². The first-order valence-electron chi connectivity index (χ1n) is 6.29. The van der Waals surface area contributed by atoms with E-state index in [1.165, 1.54) is 20.2 Å². The Balaban J connectivity index is 2.88. The molecule has 0 heterocycles.